The van der Waals surface area contributed by atoms with Crippen molar-refractivity contribution < 1.29 is 4.74 Å². The molecular weight excluding hydrogens is 334 g/mol. The third-order valence-electron chi connectivity index (χ3n) is 4.88. The van der Waals surface area contributed by atoms with E-state index in [-0.39, 0.29) is 0 Å². The number of hydrogen-bond acceptors (Lipinski definition) is 4. The Labute approximate surface area is 154 Å². The molecule has 4 nitrogen and oxygen atoms in total. The Hall–Kier alpha value is -1.75. The Bertz CT molecular complexity index is 729. The molecule has 0 saturated carbocycles. The molecular formula is C20H24ClN3O. The van der Waals surface area contributed by atoms with Gasteiger partial charge in [0.1, 0.15) is 0 Å². The fraction of sp³-hybridized carbons (Fsp3) is 0.400. The molecule has 1 N–H and O–H groups in total. The van der Waals surface area contributed by atoms with E-state index >= 15 is 0 Å². The molecule has 0 bridgehead atoms. The molecule has 0 atom stereocenters. The van der Waals surface area contributed by atoms with Crippen molar-refractivity contribution in [1.82, 2.24) is 10.2 Å². The predicted molar refractivity (Wildman–Crippen MR) is 104 cm³/mol. The van der Waals surface area contributed by atoms with Crippen LogP contribution in [0.5, 0.6) is 11.5 Å². The highest BCUT2D eigenvalue weighted by molar-refractivity contribution is 6.31. The van der Waals surface area contributed by atoms with Gasteiger partial charge in [0.15, 0.2) is 11.5 Å². The van der Waals surface area contributed by atoms with Crippen LogP contribution in [0.1, 0.15) is 12.8 Å². The maximum absolute atomic E-state index is 6.25. The van der Waals surface area contributed by atoms with E-state index in [0.717, 1.165) is 67.0 Å². The van der Waals surface area contributed by atoms with Crippen LogP contribution in [0.4, 0.5) is 11.4 Å². The molecule has 2 aliphatic rings. The third kappa shape index (κ3) is 3.76. The van der Waals surface area contributed by atoms with Gasteiger partial charge in [-0.3, -0.25) is 0 Å². The second-order valence-corrected chi connectivity index (χ2v) is 7.07. The topological polar surface area (TPSA) is 27.7 Å². The van der Waals surface area contributed by atoms with Crippen LogP contribution in [0.2, 0.25) is 5.02 Å². The first-order valence-corrected chi connectivity index (χ1v) is 9.46. The number of fused-ring (bicyclic) bond motifs is 2. The number of hydrogen-bond donors (Lipinski definition) is 1. The van der Waals surface area contributed by atoms with Crippen molar-refractivity contribution in [2.24, 2.45) is 0 Å². The van der Waals surface area contributed by atoms with E-state index in [0.29, 0.717) is 0 Å². The Morgan fingerprint density at radius 1 is 0.960 bits per heavy atom. The lowest BCUT2D eigenvalue weighted by Gasteiger charge is -2.33. The van der Waals surface area contributed by atoms with Gasteiger partial charge in [0.05, 0.1) is 11.4 Å². The zero-order chi connectivity index (χ0) is 17.1. The molecule has 132 valence electrons. The van der Waals surface area contributed by atoms with E-state index < -0.39 is 0 Å². The number of halogens is 1. The lowest BCUT2D eigenvalue weighted by Crippen LogP contribution is -2.31. The normalized spacial score (nSPS) is 17.4. The van der Waals surface area contributed by atoms with Crippen LogP contribution in [-0.4, -0.2) is 44.2 Å². The number of nitrogens with zero attached hydrogens (tertiary/aromatic N) is 2. The minimum Gasteiger partial charge on any atom is -0.453 e. The van der Waals surface area contributed by atoms with Crippen LogP contribution in [0.25, 0.3) is 0 Å². The maximum Gasteiger partial charge on any atom is 0.151 e. The van der Waals surface area contributed by atoms with Gasteiger partial charge in [-0.05, 0) is 62.8 Å². The van der Waals surface area contributed by atoms with Crippen molar-refractivity contribution in [1.29, 1.82) is 0 Å². The first-order valence-electron chi connectivity index (χ1n) is 9.08. The van der Waals surface area contributed by atoms with E-state index in [1.807, 2.05) is 30.3 Å². The van der Waals surface area contributed by atoms with Gasteiger partial charge in [-0.1, -0.05) is 23.7 Å². The van der Waals surface area contributed by atoms with E-state index in [9.17, 15) is 0 Å². The molecule has 5 heteroatoms. The molecule has 0 radical (unpaired) electrons. The van der Waals surface area contributed by atoms with Gasteiger partial charge in [0.2, 0.25) is 0 Å². The van der Waals surface area contributed by atoms with Crippen molar-refractivity contribution in [3.05, 3.63) is 47.5 Å². The zero-order valence-electron chi connectivity index (χ0n) is 14.4. The number of para-hydroxylation sites is 2. The fourth-order valence-corrected chi connectivity index (χ4v) is 3.79. The summed E-state index contributed by atoms with van der Waals surface area (Å²) in [6.07, 6.45) is 2.35. The highest BCUT2D eigenvalue weighted by Crippen LogP contribution is 2.47. The highest BCUT2D eigenvalue weighted by atomic mass is 35.5. The molecule has 0 aliphatic carbocycles. The van der Waals surface area contributed by atoms with Crippen molar-refractivity contribution in [3.8, 4) is 11.5 Å². The molecule has 1 saturated heterocycles. The molecule has 2 heterocycles. The van der Waals surface area contributed by atoms with Crippen molar-refractivity contribution in [2.75, 3.05) is 44.2 Å². The highest BCUT2D eigenvalue weighted by Gasteiger charge is 2.24. The summed E-state index contributed by atoms with van der Waals surface area (Å²) in [7, 11) is 0. The lowest BCUT2D eigenvalue weighted by molar-refractivity contribution is 0.290. The van der Waals surface area contributed by atoms with Crippen LogP contribution in [-0.2, 0) is 0 Å². The largest absolute Gasteiger partial charge is 0.453 e. The summed E-state index contributed by atoms with van der Waals surface area (Å²) in [6.45, 7) is 6.64. The van der Waals surface area contributed by atoms with Gasteiger partial charge in [-0.15, -0.1) is 0 Å². The molecule has 0 aromatic heterocycles. The number of anilines is 2. The SMILES string of the molecule is Clc1ccc2c(c1)N(CCCN1CCCNCC1)c1ccccc1O2. The predicted octanol–water partition coefficient (Wildman–Crippen LogP) is 4.27. The summed E-state index contributed by atoms with van der Waals surface area (Å²) in [5.74, 6) is 1.79. The van der Waals surface area contributed by atoms with Gasteiger partial charge in [0.25, 0.3) is 0 Å². The summed E-state index contributed by atoms with van der Waals surface area (Å²) < 4.78 is 6.06. The monoisotopic (exact) mass is 357 g/mol. The van der Waals surface area contributed by atoms with Crippen LogP contribution in [0.15, 0.2) is 42.5 Å². The lowest BCUT2D eigenvalue weighted by atomic mass is 10.1. The van der Waals surface area contributed by atoms with E-state index in [2.05, 4.69) is 27.2 Å². The summed E-state index contributed by atoms with van der Waals surface area (Å²) in [5, 5.41) is 4.21. The Morgan fingerprint density at radius 2 is 1.84 bits per heavy atom. The van der Waals surface area contributed by atoms with Crippen LogP contribution in [0.3, 0.4) is 0 Å². The molecule has 0 amide bonds. The summed E-state index contributed by atoms with van der Waals surface area (Å²) >= 11 is 6.25. The summed E-state index contributed by atoms with van der Waals surface area (Å²) in [6, 6.07) is 14.1. The molecule has 2 aliphatic heterocycles. The second-order valence-electron chi connectivity index (χ2n) is 6.63. The van der Waals surface area contributed by atoms with Crippen LogP contribution < -0.4 is 15.0 Å². The average molecular weight is 358 g/mol. The maximum atomic E-state index is 6.25. The Balaban J connectivity index is 1.51. The minimum absolute atomic E-state index is 0.741. The molecule has 25 heavy (non-hydrogen) atoms. The molecule has 0 spiro atoms. The first-order chi connectivity index (χ1) is 12.3. The van der Waals surface area contributed by atoms with Crippen LogP contribution >= 0.6 is 11.6 Å². The second kappa shape index (κ2) is 7.65. The van der Waals surface area contributed by atoms with Crippen molar-refractivity contribution in [2.45, 2.75) is 12.8 Å². The summed E-state index contributed by atoms with van der Waals surface area (Å²) in [4.78, 5) is 4.90. The quantitative estimate of drug-likeness (QED) is 0.884. The molecule has 2 aromatic rings. The van der Waals surface area contributed by atoms with Gasteiger partial charge >= 0.3 is 0 Å². The molecule has 4 rings (SSSR count). The molecule has 1 fully saturated rings. The van der Waals surface area contributed by atoms with Crippen molar-refractivity contribution >= 4 is 23.0 Å². The first kappa shape index (κ1) is 16.7. The van der Waals surface area contributed by atoms with Gasteiger partial charge in [0, 0.05) is 24.7 Å². The fourth-order valence-electron chi connectivity index (χ4n) is 3.62. The summed E-state index contributed by atoms with van der Waals surface area (Å²) in [5.41, 5.74) is 2.18. The number of nitrogens with one attached hydrogen (secondary N) is 1. The Morgan fingerprint density at radius 3 is 2.80 bits per heavy atom. The van der Waals surface area contributed by atoms with Gasteiger partial charge in [-0.25, -0.2) is 0 Å². The van der Waals surface area contributed by atoms with E-state index in [4.69, 9.17) is 16.3 Å². The van der Waals surface area contributed by atoms with Gasteiger partial charge < -0.3 is 19.9 Å². The van der Waals surface area contributed by atoms with Gasteiger partial charge in [-0.2, -0.15) is 0 Å². The number of benzene rings is 2. The van der Waals surface area contributed by atoms with Crippen molar-refractivity contribution in [3.63, 3.8) is 0 Å². The third-order valence-corrected chi connectivity index (χ3v) is 5.11. The average Bonchev–Trinajstić information content (AvgIpc) is 2.90. The molecule has 2 aromatic carbocycles. The standard InChI is InChI=1S/C20H24ClN3O/c21-16-7-8-20-18(15-16)24(17-5-1-2-6-19(17)25-20)13-4-12-23-11-3-9-22-10-14-23/h1-2,5-8,15,22H,3-4,9-14H2. The van der Waals surface area contributed by atoms with Crippen LogP contribution in [0, 0.1) is 0 Å². The minimum atomic E-state index is 0.741. The van der Waals surface area contributed by atoms with E-state index in [1.165, 1.54) is 13.0 Å². The zero-order valence-corrected chi connectivity index (χ0v) is 15.1. The smallest absolute Gasteiger partial charge is 0.151 e. The number of rotatable bonds is 4. The van der Waals surface area contributed by atoms with E-state index in [1.54, 1.807) is 0 Å². The molecule has 0 unspecified atom stereocenters. The Kier molecular flexibility index (Phi) is 5.11. The number of ether oxygens (including phenoxy) is 1.